The van der Waals surface area contributed by atoms with Gasteiger partial charge in [0.15, 0.2) is 0 Å². The number of nitrogens with one attached hydrogen (secondary N) is 2. The van der Waals surface area contributed by atoms with Crippen molar-refractivity contribution in [2.75, 3.05) is 0 Å². The molecule has 0 aliphatic carbocycles. The van der Waals surface area contributed by atoms with Crippen molar-refractivity contribution in [3.8, 4) is 0 Å². The van der Waals surface area contributed by atoms with Crippen molar-refractivity contribution in [3.05, 3.63) is 48.0 Å². The van der Waals surface area contributed by atoms with Crippen molar-refractivity contribution < 1.29 is 4.79 Å². The van der Waals surface area contributed by atoms with E-state index in [9.17, 15) is 4.79 Å². The van der Waals surface area contributed by atoms with E-state index in [2.05, 4.69) is 36.5 Å². The van der Waals surface area contributed by atoms with Crippen LogP contribution in [0, 0.1) is 0 Å². The van der Waals surface area contributed by atoms with Gasteiger partial charge in [-0.3, -0.25) is 10.2 Å². The molecule has 2 N–H and O–H groups in total. The van der Waals surface area contributed by atoms with Crippen molar-refractivity contribution in [3.63, 3.8) is 0 Å². The minimum absolute atomic E-state index is 0.156. The Morgan fingerprint density at radius 1 is 1.35 bits per heavy atom. The van der Waals surface area contributed by atoms with E-state index in [1.165, 1.54) is 5.56 Å². The Balaban J connectivity index is 2.44. The predicted molar refractivity (Wildman–Crippen MR) is 70.3 cm³/mol. The van der Waals surface area contributed by atoms with Crippen LogP contribution in [0.3, 0.4) is 0 Å². The number of benzene rings is 1. The molecule has 0 saturated carbocycles. The zero-order valence-corrected chi connectivity index (χ0v) is 10.5. The van der Waals surface area contributed by atoms with Crippen LogP contribution in [-0.2, 0) is 11.2 Å². The Bertz CT molecular complexity index is 373. The van der Waals surface area contributed by atoms with Gasteiger partial charge in [-0.15, -0.1) is 0 Å². The van der Waals surface area contributed by atoms with Crippen LogP contribution >= 0.6 is 0 Å². The highest BCUT2D eigenvalue weighted by Gasteiger charge is 2.08. The summed E-state index contributed by atoms with van der Waals surface area (Å²) in [6, 6.07) is 10.5. The molecule has 1 amide bonds. The molecule has 3 nitrogen and oxygen atoms in total. The van der Waals surface area contributed by atoms with Gasteiger partial charge in [-0.25, -0.2) is 5.43 Å². The lowest BCUT2D eigenvalue weighted by atomic mass is 10.0. The zero-order chi connectivity index (χ0) is 12.7. The molecule has 0 aromatic heterocycles. The monoisotopic (exact) mass is 232 g/mol. The van der Waals surface area contributed by atoms with Crippen molar-refractivity contribution in [1.82, 2.24) is 10.9 Å². The fourth-order valence-electron chi connectivity index (χ4n) is 1.47. The second-order valence-corrected chi connectivity index (χ2v) is 4.17. The largest absolute Gasteiger partial charge is 0.287 e. The minimum atomic E-state index is -0.156. The number of hydrogen-bond donors (Lipinski definition) is 2. The third kappa shape index (κ3) is 4.83. The van der Waals surface area contributed by atoms with Crippen LogP contribution in [0.2, 0.25) is 0 Å². The molecular weight excluding hydrogens is 212 g/mol. The average Bonchev–Trinajstić information content (AvgIpc) is 2.35. The van der Waals surface area contributed by atoms with E-state index >= 15 is 0 Å². The van der Waals surface area contributed by atoms with Gasteiger partial charge in [0.25, 0.3) is 5.91 Å². The Morgan fingerprint density at radius 2 is 2.00 bits per heavy atom. The average molecular weight is 232 g/mol. The molecule has 0 aliphatic heterocycles. The van der Waals surface area contributed by atoms with Gasteiger partial charge in [0.1, 0.15) is 0 Å². The van der Waals surface area contributed by atoms with Gasteiger partial charge in [-0.1, -0.05) is 43.8 Å². The van der Waals surface area contributed by atoms with Gasteiger partial charge in [0.05, 0.1) is 0 Å². The number of carbonyl (C=O) groups is 1. The number of hydrazine groups is 1. The molecular formula is C14H20N2O. The van der Waals surface area contributed by atoms with E-state index in [4.69, 9.17) is 0 Å². The highest BCUT2D eigenvalue weighted by atomic mass is 16.2. The summed E-state index contributed by atoms with van der Waals surface area (Å²) in [6.07, 6.45) is 1.85. The third-order valence-electron chi connectivity index (χ3n) is 2.60. The van der Waals surface area contributed by atoms with Gasteiger partial charge in [-0.05, 0) is 25.3 Å². The molecule has 92 valence electrons. The second-order valence-electron chi connectivity index (χ2n) is 4.17. The van der Waals surface area contributed by atoms with Crippen LogP contribution in [0.4, 0.5) is 0 Å². The minimum Gasteiger partial charge on any atom is -0.287 e. The normalized spacial score (nSPS) is 11.9. The smallest absolute Gasteiger partial charge is 0.260 e. The summed E-state index contributed by atoms with van der Waals surface area (Å²) in [4.78, 5) is 11.3. The molecule has 0 fully saturated rings. The Morgan fingerprint density at radius 3 is 2.53 bits per heavy atom. The summed E-state index contributed by atoms with van der Waals surface area (Å²) in [7, 11) is 0. The molecule has 0 saturated heterocycles. The van der Waals surface area contributed by atoms with E-state index < -0.39 is 0 Å². The Labute approximate surface area is 103 Å². The number of amides is 1. The maximum atomic E-state index is 11.3. The SMILES string of the molecule is C=C(C)C(=O)NNC(CC)Cc1ccccc1. The van der Waals surface area contributed by atoms with E-state index in [0.29, 0.717) is 5.57 Å². The van der Waals surface area contributed by atoms with E-state index in [1.54, 1.807) is 6.92 Å². The van der Waals surface area contributed by atoms with E-state index in [0.717, 1.165) is 12.8 Å². The summed E-state index contributed by atoms with van der Waals surface area (Å²) in [5.41, 5.74) is 7.47. The molecule has 0 aliphatic rings. The van der Waals surface area contributed by atoms with Crippen LogP contribution in [0.1, 0.15) is 25.8 Å². The molecule has 0 bridgehead atoms. The van der Waals surface area contributed by atoms with Crippen LogP contribution < -0.4 is 10.9 Å². The predicted octanol–water partition coefficient (Wildman–Crippen LogP) is 2.20. The van der Waals surface area contributed by atoms with E-state index in [1.807, 2.05) is 18.2 Å². The fraction of sp³-hybridized carbons (Fsp3) is 0.357. The molecule has 0 spiro atoms. The first kappa shape index (κ1) is 13.5. The fourth-order valence-corrected chi connectivity index (χ4v) is 1.47. The molecule has 3 heteroatoms. The third-order valence-corrected chi connectivity index (χ3v) is 2.60. The molecule has 1 atom stereocenters. The summed E-state index contributed by atoms with van der Waals surface area (Å²) in [5.74, 6) is -0.156. The van der Waals surface area contributed by atoms with Crippen molar-refractivity contribution in [1.29, 1.82) is 0 Å². The van der Waals surface area contributed by atoms with Crippen molar-refractivity contribution in [2.24, 2.45) is 0 Å². The summed E-state index contributed by atoms with van der Waals surface area (Å²) >= 11 is 0. The molecule has 1 rings (SSSR count). The van der Waals surface area contributed by atoms with Crippen LogP contribution in [0.5, 0.6) is 0 Å². The molecule has 1 aromatic rings. The topological polar surface area (TPSA) is 41.1 Å². The lowest BCUT2D eigenvalue weighted by molar-refractivity contribution is -0.118. The van der Waals surface area contributed by atoms with Crippen LogP contribution in [-0.4, -0.2) is 11.9 Å². The standard InChI is InChI=1S/C14H20N2O/c1-4-13(15-16-14(17)11(2)3)10-12-8-6-5-7-9-12/h5-9,13,15H,2,4,10H2,1,3H3,(H,16,17). The maximum absolute atomic E-state index is 11.3. The Hall–Kier alpha value is -1.61. The molecule has 1 unspecified atom stereocenters. The summed E-state index contributed by atoms with van der Waals surface area (Å²) in [6.45, 7) is 7.37. The van der Waals surface area contributed by atoms with Crippen LogP contribution in [0.15, 0.2) is 42.5 Å². The number of carbonyl (C=O) groups excluding carboxylic acids is 1. The molecule has 17 heavy (non-hydrogen) atoms. The first-order chi connectivity index (χ1) is 8.13. The summed E-state index contributed by atoms with van der Waals surface area (Å²) in [5, 5.41) is 0. The molecule has 0 radical (unpaired) electrons. The van der Waals surface area contributed by atoms with E-state index in [-0.39, 0.29) is 11.9 Å². The van der Waals surface area contributed by atoms with Gasteiger partial charge in [0, 0.05) is 11.6 Å². The zero-order valence-electron chi connectivity index (χ0n) is 10.5. The van der Waals surface area contributed by atoms with Crippen LogP contribution in [0.25, 0.3) is 0 Å². The molecule has 1 aromatic carbocycles. The molecule has 0 heterocycles. The van der Waals surface area contributed by atoms with Crippen molar-refractivity contribution >= 4 is 5.91 Å². The quantitative estimate of drug-likeness (QED) is 0.583. The van der Waals surface area contributed by atoms with Gasteiger partial charge >= 0.3 is 0 Å². The number of hydrogen-bond acceptors (Lipinski definition) is 2. The first-order valence-corrected chi connectivity index (χ1v) is 5.88. The summed E-state index contributed by atoms with van der Waals surface area (Å²) < 4.78 is 0. The maximum Gasteiger partial charge on any atom is 0.260 e. The Kier molecular flexibility index (Phi) is 5.43. The second kappa shape index (κ2) is 6.86. The van der Waals surface area contributed by atoms with Gasteiger partial charge < -0.3 is 0 Å². The number of rotatable bonds is 6. The van der Waals surface area contributed by atoms with Gasteiger partial charge in [0.2, 0.25) is 0 Å². The van der Waals surface area contributed by atoms with Crippen molar-refractivity contribution in [2.45, 2.75) is 32.7 Å². The highest BCUT2D eigenvalue weighted by Crippen LogP contribution is 2.04. The highest BCUT2D eigenvalue weighted by molar-refractivity contribution is 5.91. The lowest BCUT2D eigenvalue weighted by Gasteiger charge is -2.17. The first-order valence-electron chi connectivity index (χ1n) is 5.88. The lowest BCUT2D eigenvalue weighted by Crippen LogP contribution is -2.45. The van der Waals surface area contributed by atoms with Gasteiger partial charge in [-0.2, -0.15) is 0 Å².